The van der Waals surface area contributed by atoms with Crippen molar-refractivity contribution in [2.45, 2.75) is 25.4 Å². The minimum atomic E-state index is -3.42. The zero-order valence-electron chi connectivity index (χ0n) is 15.0. The van der Waals surface area contributed by atoms with Crippen molar-refractivity contribution in [2.24, 2.45) is 0 Å². The summed E-state index contributed by atoms with van der Waals surface area (Å²) in [6.07, 6.45) is 5.12. The van der Waals surface area contributed by atoms with Crippen LogP contribution in [0.15, 0.2) is 36.7 Å². The van der Waals surface area contributed by atoms with Crippen molar-refractivity contribution in [3.63, 3.8) is 0 Å². The summed E-state index contributed by atoms with van der Waals surface area (Å²) in [5, 5.41) is 9.16. The van der Waals surface area contributed by atoms with Crippen molar-refractivity contribution < 1.29 is 13.5 Å². The van der Waals surface area contributed by atoms with Crippen molar-refractivity contribution in [3.8, 4) is 11.3 Å². The van der Waals surface area contributed by atoms with E-state index in [1.807, 2.05) is 24.3 Å². The number of aromatic nitrogens is 2. The lowest BCUT2D eigenvalue weighted by atomic mass is 9.96. The van der Waals surface area contributed by atoms with Gasteiger partial charge in [0.2, 0.25) is 0 Å². The van der Waals surface area contributed by atoms with Crippen LogP contribution in [0.25, 0.3) is 11.3 Å². The van der Waals surface area contributed by atoms with Crippen molar-refractivity contribution in [3.05, 3.63) is 47.9 Å². The molecule has 0 amide bonds. The fraction of sp³-hybridized carbons (Fsp3) is 0.444. The van der Waals surface area contributed by atoms with E-state index in [0.29, 0.717) is 13.1 Å². The Morgan fingerprint density at radius 1 is 1.23 bits per heavy atom. The summed E-state index contributed by atoms with van der Waals surface area (Å²) in [4.78, 5) is 9.03. The van der Waals surface area contributed by atoms with Crippen LogP contribution in [0.3, 0.4) is 0 Å². The van der Waals surface area contributed by atoms with Crippen molar-refractivity contribution >= 4 is 10.2 Å². The van der Waals surface area contributed by atoms with E-state index in [1.165, 1.54) is 8.61 Å². The monoisotopic (exact) mass is 376 g/mol. The van der Waals surface area contributed by atoms with Gasteiger partial charge in [-0.1, -0.05) is 24.3 Å². The van der Waals surface area contributed by atoms with Gasteiger partial charge in [-0.3, -0.25) is 4.98 Å². The van der Waals surface area contributed by atoms with Crippen molar-refractivity contribution in [1.29, 1.82) is 0 Å². The SMILES string of the molecule is CN(C)S(=O)(=O)N1CCC[C@@H](c2cncc(-c3ccc(CO)cc3)n2)C1. The van der Waals surface area contributed by atoms with Gasteiger partial charge in [0.1, 0.15) is 0 Å². The summed E-state index contributed by atoms with van der Waals surface area (Å²) in [5.74, 6) is 0.0302. The Morgan fingerprint density at radius 2 is 1.96 bits per heavy atom. The van der Waals surface area contributed by atoms with E-state index in [4.69, 9.17) is 10.1 Å². The molecule has 1 N–H and O–H groups in total. The molecule has 1 fully saturated rings. The number of aliphatic hydroxyl groups excluding tert-OH is 1. The van der Waals surface area contributed by atoms with E-state index in [2.05, 4.69) is 4.98 Å². The molecule has 1 atom stereocenters. The molecule has 1 aromatic carbocycles. The van der Waals surface area contributed by atoms with E-state index in [9.17, 15) is 8.42 Å². The molecule has 0 aliphatic carbocycles. The van der Waals surface area contributed by atoms with Gasteiger partial charge in [-0.25, -0.2) is 4.98 Å². The molecule has 0 spiro atoms. The van der Waals surface area contributed by atoms with Gasteiger partial charge in [0.15, 0.2) is 0 Å². The minimum absolute atomic E-state index is 0.00422. The highest BCUT2D eigenvalue weighted by Crippen LogP contribution is 2.28. The van der Waals surface area contributed by atoms with E-state index >= 15 is 0 Å². The van der Waals surface area contributed by atoms with Gasteiger partial charge < -0.3 is 5.11 Å². The summed E-state index contributed by atoms with van der Waals surface area (Å²) in [7, 11) is -0.314. The second-order valence-electron chi connectivity index (χ2n) is 6.67. The molecule has 3 rings (SSSR count). The topological polar surface area (TPSA) is 86.6 Å². The first kappa shape index (κ1) is 18.9. The van der Waals surface area contributed by atoms with Crippen LogP contribution < -0.4 is 0 Å². The van der Waals surface area contributed by atoms with Crippen LogP contribution in [0.4, 0.5) is 0 Å². The molecule has 0 bridgehead atoms. The molecule has 140 valence electrons. The number of hydrogen-bond donors (Lipinski definition) is 1. The van der Waals surface area contributed by atoms with Crippen LogP contribution in [0.1, 0.15) is 30.0 Å². The van der Waals surface area contributed by atoms with Crippen molar-refractivity contribution in [1.82, 2.24) is 18.6 Å². The average Bonchev–Trinajstić information content (AvgIpc) is 2.68. The van der Waals surface area contributed by atoms with Crippen LogP contribution in [0.5, 0.6) is 0 Å². The Hall–Kier alpha value is -1.87. The smallest absolute Gasteiger partial charge is 0.281 e. The van der Waals surface area contributed by atoms with Gasteiger partial charge in [-0.05, 0) is 18.4 Å². The average molecular weight is 376 g/mol. The van der Waals surface area contributed by atoms with Gasteiger partial charge in [-0.15, -0.1) is 0 Å². The maximum atomic E-state index is 12.4. The highest BCUT2D eigenvalue weighted by atomic mass is 32.2. The fourth-order valence-electron chi connectivity index (χ4n) is 3.12. The zero-order chi connectivity index (χ0) is 18.7. The number of benzene rings is 1. The molecule has 1 aliphatic rings. The molecule has 0 saturated carbocycles. The predicted octanol–water partition coefficient (Wildman–Crippen LogP) is 1.62. The second kappa shape index (κ2) is 7.79. The van der Waals surface area contributed by atoms with Crippen LogP contribution in [-0.2, 0) is 16.8 Å². The normalized spacial score (nSPS) is 19.0. The van der Waals surface area contributed by atoms with E-state index in [0.717, 1.165) is 35.4 Å². The zero-order valence-corrected chi connectivity index (χ0v) is 15.9. The maximum Gasteiger partial charge on any atom is 0.281 e. The first-order valence-corrected chi connectivity index (χ1v) is 10.0. The molecule has 1 aromatic heterocycles. The van der Waals surface area contributed by atoms with Crippen LogP contribution >= 0.6 is 0 Å². The summed E-state index contributed by atoms with van der Waals surface area (Å²) in [6.45, 7) is 0.957. The molecule has 0 radical (unpaired) electrons. The molecular weight excluding hydrogens is 352 g/mol. The third-order valence-corrected chi connectivity index (χ3v) is 6.58. The standard InChI is InChI=1S/C18H24N4O3S/c1-21(2)26(24,25)22-9-3-4-16(12-22)18-11-19-10-17(20-18)15-7-5-14(13-23)6-8-15/h5-8,10-11,16,23H,3-4,9,12-13H2,1-2H3/t16-/m1/s1. The lowest BCUT2D eigenvalue weighted by molar-refractivity contribution is 0.282. The third-order valence-electron chi connectivity index (χ3n) is 4.68. The predicted molar refractivity (Wildman–Crippen MR) is 99.5 cm³/mol. The summed E-state index contributed by atoms with van der Waals surface area (Å²) in [5.41, 5.74) is 3.33. The Balaban J connectivity index is 1.83. The second-order valence-corrected chi connectivity index (χ2v) is 8.81. The van der Waals surface area contributed by atoms with Crippen LogP contribution in [0, 0.1) is 0 Å². The van der Waals surface area contributed by atoms with E-state index < -0.39 is 10.2 Å². The number of hydrogen-bond acceptors (Lipinski definition) is 5. The molecule has 2 heterocycles. The number of aliphatic hydroxyl groups is 1. The fourth-order valence-corrected chi connectivity index (χ4v) is 4.31. The summed E-state index contributed by atoms with van der Waals surface area (Å²) >= 11 is 0. The molecule has 7 nitrogen and oxygen atoms in total. The maximum absolute atomic E-state index is 12.4. The van der Waals surface area contributed by atoms with E-state index in [1.54, 1.807) is 26.5 Å². The quantitative estimate of drug-likeness (QED) is 0.857. The molecule has 2 aromatic rings. The van der Waals surface area contributed by atoms with E-state index in [-0.39, 0.29) is 12.5 Å². The van der Waals surface area contributed by atoms with Gasteiger partial charge in [0, 0.05) is 44.9 Å². The molecule has 0 unspecified atom stereocenters. The highest BCUT2D eigenvalue weighted by molar-refractivity contribution is 7.86. The van der Waals surface area contributed by atoms with Gasteiger partial charge in [0.25, 0.3) is 10.2 Å². The van der Waals surface area contributed by atoms with Crippen molar-refractivity contribution in [2.75, 3.05) is 27.2 Å². The number of rotatable bonds is 5. The summed E-state index contributed by atoms with van der Waals surface area (Å²) in [6, 6.07) is 7.53. The lowest BCUT2D eigenvalue weighted by Crippen LogP contribution is -2.45. The first-order valence-electron chi connectivity index (χ1n) is 8.61. The Kier molecular flexibility index (Phi) is 5.67. The Morgan fingerprint density at radius 3 is 2.62 bits per heavy atom. The van der Waals surface area contributed by atoms with Gasteiger partial charge in [-0.2, -0.15) is 17.0 Å². The molecule has 26 heavy (non-hydrogen) atoms. The van der Waals surface area contributed by atoms with Crippen LogP contribution in [-0.4, -0.2) is 59.3 Å². The lowest BCUT2D eigenvalue weighted by Gasteiger charge is -2.33. The minimum Gasteiger partial charge on any atom is -0.392 e. The van der Waals surface area contributed by atoms with Gasteiger partial charge >= 0.3 is 0 Å². The largest absolute Gasteiger partial charge is 0.392 e. The number of piperidine rings is 1. The Labute approximate surface area is 154 Å². The molecule has 8 heteroatoms. The highest BCUT2D eigenvalue weighted by Gasteiger charge is 2.31. The molecular formula is C18H24N4O3S. The first-order chi connectivity index (χ1) is 12.4. The van der Waals surface area contributed by atoms with Crippen LogP contribution in [0.2, 0.25) is 0 Å². The Bertz CT molecular complexity index is 853. The number of nitrogens with zero attached hydrogens (tertiary/aromatic N) is 4. The summed E-state index contributed by atoms with van der Waals surface area (Å²) < 4.78 is 27.6. The molecule has 1 saturated heterocycles. The van der Waals surface area contributed by atoms with Gasteiger partial charge in [0.05, 0.1) is 24.2 Å². The third kappa shape index (κ3) is 3.93. The molecule has 1 aliphatic heterocycles.